The fourth-order valence-corrected chi connectivity index (χ4v) is 1.07. The van der Waals surface area contributed by atoms with Crippen molar-refractivity contribution in [1.82, 2.24) is 5.32 Å². The number of carbonyl (C=O) groups is 1. The third-order valence-corrected chi connectivity index (χ3v) is 1.87. The summed E-state index contributed by atoms with van der Waals surface area (Å²) in [7, 11) is 0. The third-order valence-electron chi connectivity index (χ3n) is 1.87. The molecule has 0 aromatic heterocycles. The van der Waals surface area contributed by atoms with Gasteiger partial charge in [0.2, 0.25) is 0 Å². The molecule has 0 aliphatic heterocycles. The van der Waals surface area contributed by atoms with Gasteiger partial charge in [-0.25, -0.2) is 4.79 Å². The molecule has 1 aromatic rings. The van der Waals surface area contributed by atoms with Crippen LogP contribution >= 0.6 is 0 Å². The molecule has 1 N–H and O–H groups in total. The van der Waals surface area contributed by atoms with E-state index in [0.717, 1.165) is 5.57 Å². The smallest absolute Gasteiger partial charge is 0.407 e. The molecule has 0 aliphatic rings. The van der Waals surface area contributed by atoms with Crippen LogP contribution < -0.4 is 5.32 Å². The van der Waals surface area contributed by atoms with Gasteiger partial charge in [0.25, 0.3) is 0 Å². The minimum absolute atomic E-state index is 0.398. The molecule has 0 unspecified atom stereocenters. The van der Waals surface area contributed by atoms with E-state index in [4.69, 9.17) is 4.74 Å². The Balaban J connectivity index is 0. The van der Waals surface area contributed by atoms with E-state index in [9.17, 15) is 4.79 Å². The number of amides is 1. The van der Waals surface area contributed by atoms with E-state index in [0.29, 0.717) is 6.54 Å². The molecule has 3 heteroatoms. The van der Waals surface area contributed by atoms with Crippen molar-refractivity contribution >= 4 is 6.09 Å². The number of carbonyl (C=O) groups excluding carboxylic acids is 1. The number of rotatable bonds is 2. The van der Waals surface area contributed by atoms with E-state index in [2.05, 4.69) is 44.8 Å². The highest BCUT2D eigenvalue weighted by atomic mass is 16.6. The van der Waals surface area contributed by atoms with Gasteiger partial charge in [0.05, 0.1) is 0 Å². The molecule has 0 heterocycles. The Kier molecular flexibility index (Phi) is 13.2. The molecule has 1 rings (SSSR count). The molecule has 0 saturated carbocycles. The second-order valence-electron chi connectivity index (χ2n) is 6.17. The van der Waals surface area contributed by atoms with Gasteiger partial charge in [-0.15, -0.1) is 0 Å². The Bertz CT molecular complexity index is 405. The van der Waals surface area contributed by atoms with Gasteiger partial charge in [-0.1, -0.05) is 68.3 Å². The molecule has 3 nitrogen and oxygen atoms in total. The zero-order chi connectivity index (χ0) is 17.6. The summed E-state index contributed by atoms with van der Waals surface area (Å²) in [5, 5.41) is 2.58. The van der Waals surface area contributed by atoms with Gasteiger partial charge in [0.1, 0.15) is 5.60 Å². The molecule has 1 aromatic carbocycles. The first-order chi connectivity index (χ1) is 10.1. The number of nitrogens with one attached hydrogen (secondary N) is 1. The molecule has 126 valence electrons. The summed E-state index contributed by atoms with van der Waals surface area (Å²) >= 11 is 0. The molecule has 0 fully saturated rings. The quantitative estimate of drug-likeness (QED) is 0.733. The average molecular weight is 307 g/mol. The summed E-state index contributed by atoms with van der Waals surface area (Å²) in [6.07, 6.45) is 0.852. The van der Waals surface area contributed by atoms with Gasteiger partial charge in [0, 0.05) is 6.54 Å². The van der Waals surface area contributed by atoms with Gasteiger partial charge in [-0.05, 0) is 34.6 Å². The van der Waals surface area contributed by atoms with Gasteiger partial charge in [-0.3, -0.25) is 0 Å². The molecule has 1 amide bonds. The van der Waals surface area contributed by atoms with Crippen LogP contribution in [-0.2, 0) is 4.74 Å². The van der Waals surface area contributed by atoms with E-state index in [-0.39, 0.29) is 0 Å². The monoisotopic (exact) mass is 307 g/mol. The van der Waals surface area contributed by atoms with Crippen molar-refractivity contribution in [3.8, 4) is 0 Å². The van der Waals surface area contributed by atoms with Crippen LogP contribution in [0, 0.1) is 6.92 Å². The minimum atomic E-state index is -0.431. The normalized spacial score (nSPS) is 9.41. The number of hydrogen-bond acceptors (Lipinski definition) is 2. The number of benzene rings is 1. The maximum absolute atomic E-state index is 11.0. The van der Waals surface area contributed by atoms with E-state index < -0.39 is 11.7 Å². The van der Waals surface area contributed by atoms with Gasteiger partial charge in [0.15, 0.2) is 0 Å². The Morgan fingerprint density at radius 2 is 1.64 bits per heavy atom. The molecule has 0 atom stereocenters. The minimum Gasteiger partial charge on any atom is -0.444 e. The van der Waals surface area contributed by atoms with E-state index in [1.54, 1.807) is 0 Å². The van der Waals surface area contributed by atoms with Gasteiger partial charge < -0.3 is 10.1 Å². The first-order valence-electron chi connectivity index (χ1n) is 7.75. The lowest BCUT2D eigenvalue weighted by molar-refractivity contribution is 0.0532. The van der Waals surface area contributed by atoms with Crippen LogP contribution in [0.4, 0.5) is 4.79 Å². The predicted octanol–water partition coefficient (Wildman–Crippen LogP) is 5.50. The summed E-state index contributed by atoms with van der Waals surface area (Å²) < 4.78 is 5.00. The third kappa shape index (κ3) is 20.5. The second-order valence-corrected chi connectivity index (χ2v) is 6.17. The van der Waals surface area contributed by atoms with Crippen molar-refractivity contribution in [2.75, 3.05) is 6.54 Å². The lowest BCUT2D eigenvalue weighted by atomic mass is 10.2. The predicted molar refractivity (Wildman–Crippen MR) is 96.2 cm³/mol. The summed E-state index contributed by atoms with van der Waals surface area (Å²) in [5.41, 5.74) is 1.79. The van der Waals surface area contributed by atoms with Crippen LogP contribution in [0.25, 0.3) is 0 Å². The van der Waals surface area contributed by atoms with E-state index >= 15 is 0 Å². The van der Waals surface area contributed by atoms with Crippen molar-refractivity contribution in [3.63, 3.8) is 0 Å². The first-order valence-corrected chi connectivity index (χ1v) is 7.75. The molecule has 0 bridgehead atoms. The molecule has 0 saturated heterocycles. The highest BCUT2D eigenvalue weighted by Crippen LogP contribution is 2.06. The highest BCUT2D eigenvalue weighted by Gasteiger charge is 2.15. The topological polar surface area (TPSA) is 38.3 Å². The van der Waals surface area contributed by atoms with Crippen molar-refractivity contribution in [2.45, 2.75) is 60.5 Å². The number of alkyl carbamates (subject to hydrolysis) is 1. The van der Waals surface area contributed by atoms with Crippen molar-refractivity contribution < 1.29 is 9.53 Å². The lowest BCUT2D eigenvalue weighted by Crippen LogP contribution is -2.33. The summed E-state index contributed by atoms with van der Waals surface area (Å²) in [5.74, 6) is 0. The Labute approximate surface area is 136 Å². The van der Waals surface area contributed by atoms with Crippen LogP contribution in [0.15, 0.2) is 42.5 Å². The molecular weight excluding hydrogens is 274 g/mol. The SMILES string of the molecule is C=C(C)CNC(=O)OC(C)(C)C.CCC.Cc1ccccc1. The van der Waals surface area contributed by atoms with E-state index in [1.165, 1.54) is 12.0 Å². The molecule has 22 heavy (non-hydrogen) atoms. The van der Waals surface area contributed by atoms with Crippen molar-refractivity contribution in [3.05, 3.63) is 48.0 Å². The van der Waals surface area contributed by atoms with Crippen molar-refractivity contribution in [2.24, 2.45) is 0 Å². The number of aryl methyl sites for hydroxylation is 1. The Morgan fingerprint density at radius 1 is 1.18 bits per heavy atom. The summed E-state index contributed by atoms with van der Waals surface area (Å²) in [6.45, 7) is 17.8. The van der Waals surface area contributed by atoms with Crippen LogP contribution in [0.5, 0.6) is 0 Å². The van der Waals surface area contributed by atoms with Crippen LogP contribution in [0.1, 0.15) is 53.5 Å². The van der Waals surface area contributed by atoms with Gasteiger partial charge in [-0.2, -0.15) is 0 Å². The summed E-state index contributed by atoms with van der Waals surface area (Å²) in [6, 6.07) is 10.3. The number of hydrogen-bond donors (Lipinski definition) is 1. The lowest BCUT2D eigenvalue weighted by Gasteiger charge is -2.19. The second kappa shape index (κ2) is 12.9. The fraction of sp³-hybridized carbons (Fsp3) is 0.526. The standard InChI is InChI=1S/C9H17NO2.C7H8.C3H8/c1-7(2)6-10-8(11)12-9(3,4)5;1-7-5-3-2-4-6-7;1-3-2/h1,6H2,2-5H3,(H,10,11);2-6H,1H3;3H2,1-2H3. The maximum atomic E-state index is 11.0. The fourth-order valence-electron chi connectivity index (χ4n) is 1.07. The van der Waals surface area contributed by atoms with Crippen LogP contribution in [-0.4, -0.2) is 18.2 Å². The van der Waals surface area contributed by atoms with Crippen LogP contribution in [0.3, 0.4) is 0 Å². The zero-order valence-corrected chi connectivity index (χ0v) is 15.3. The molecule has 0 radical (unpaired) electrons. The Morgan fingerprint density at radius 3 is 1.91 bits per heavy atom. The van der Waals surface area contributed by atoms with E-state index in [1.807, 2.05) is 45.9 Å². The number of ether oxygens (including phenoxy) is 1. The largest absolute Gasteiger partial charge is 0.444 e. The van der Waals surface area contributed by atoms with Gasteiger partial charge >= 0.3 is 6.09 Å². The maximum Gasteiger partial charge on any atom is 0.407 e. The first kappa shape index (κ1) is 22.5. The van der Waals surface area contributed by atoms with Crippen molar-refractivity contribution in [1.29, 1.82) is 0 Å². The molecule has 0 spiro atoms. The summed E-state index contributed by atoms with van der Waals surface area (Å²) in [4.78, 5) is 11.0. The zero-order valence-electron chi connectivity index (χ0n) is 15.3. The van der Waals surface area contributed by atoms with Crippen LogP contribution in [0.2, 0.25) is 0 Å². The average Bonchev–Trinajstić information content (AvgIpc) is 2.37. The molecule has 0 aliphatic carbocycles. The Hall–Kier alpha value is -1.77. The highest BCUT2D eigenvalue weighted by molar-refractivity contribution is 5.67. The molecular formula is C19H33NO2.